The molecular formula is C6H15O6P. The lowest BCUT2D eigenvalue weighted by Gasteiger charge is -2.13. The average Bonchev–Trinajstić information content (AvgIpc) is 2.00. The minimum absolute atomic E-state index is 0.131. The molecule has 1 unspecified atom stereocenters. The largest absolute Gasteiger partial charge is 0.469 e. The van der Waals surface area contributed by atoms with Crippen LogP contribution in [0.1, 0.15) is 6.92 Å². The van der Waals surface area contributed by atoms with Gasteiger partial charge in [0, 0.05) is 7.11 Å². The lowest BCUT2D eigenvalue weighted by molar-refractivity contribution is -0.00132. The van der Waals surface area contributed by atoms with Gasteiger partial charge in [-0.15, -0.1) is 0 Å². The van der Waals surface area contributed by atoms with Crippen LogP contribution >= 0.6 is 7.82 Å². The molecule has 0 rings (SSSR count). The molecule has 1 atom stereocenters. The third-order valence-corrected chi connectivity index (χ3v) is 1.65. The fraction of sp³-hybridized carbons (Fsp3) is 1.00. The predicted molar refractivity (Wildman–Crippen MR) is 45.3 cm³/mol. The normalized spacial score (nSPS) is 14.5. The first-order chi connectivity index (χ1) is 5.95. The van der Waals surface area contributed by atoms with Crippen LogP contribution in [-0.2, 0) is 18.6 Å². The maximum absolute atomic E-state index is 10.3. The zero-order valence-corrected chi connectivity index (χ0v) is 8.57. The van der Waals surface area contributed by atoms with Crippen LogP contribution in [0.3, 0.4) is 0 Å². The van der Waals surface area contributed by atoms with Crippen LogP contribution in [-0.4, -0.2) is 42.8 Å². The highest BCUT2D eigenvalue weighted by molar-refractivity contribution is 7.46. The summed E-state index contributed by atoms with van der Waals surface area (Å²) in [6.07, 6.45) is -0.359. The molecule has 0 aliphatic heterocycles. The molecule has 80 valence electrons. The summed E-state index contributed by atoms with van der Waals surface area (Å²) < 4.78 is 24.3. The van der Waals surface area contributed by atoms with Crippen molar-refractivity contribution in [3.8, 4) is 0 Å². The van der Waals surface area contributed by atoms with Crippen molar-refractivity contribution in [2.24, 2.45) is 0 Å². The van der Waals surface area contributed by atoms with Crippen LogP contribution < -0.4 is 0 Å². The first-order valence-electron chi connectivity index (χ1n) is 3.76. The summed E-state index contributed by atoms with van der Waals surface area (Å²) in [6, 6.07) is 0. The fourth-order valence-corrected chi connectivity index (χ4v) is 0.987. The molecule has 2 N–H and O–H groups in total. The molecule has 0 radical (unpaired) electrons. The van der Waals surface area contributed by atoms with Crippen molar-refractivity contribution in [3.05, 3.63) is 0 Å². The Kier molecular flexibility index (Phi) is 6.49. The zero-order chi connectivity index (χ0) is 10.3. The standard InChI is InChI=1S/C6H15O6P/c1-6(11-4-3-10-2)5-12-13(7,8)9/h6H,3-5H2,1-2H3,(H2,7,8,9). The van der Waals surface area contributed by atoms with Crippen LogP contribution in [0, 0.1) is 0 Å². The number of ether oxygens (including phenoxy) is 2. The summed E-state index contributed by atoms with van der Waals surface area (Å²) >= 11 is 0. The summed E-state index contributed by atoms with van der Waals surface area (Å²) in [5, 5.41) is 0. The maximum Gasteiger partial charge on any atom is 0.469 e. The number of hydrogen-bond donors (Lipinski definition) is 2. The average molecular weight is 214 g/mol. The van der Waals surface area contributed by atoms with Crippen LogP contribution in [0.25, 0.3) is 0 Å². The summed E-state index contributed by atoms with van der Waals surface area (Å²) in [5.74, 6) is 0. The van der Waals surface area contributed by atoms with Gasteiger partial charge in [0.2, 0.25) is 0 Å². The summed E-state index contributed by atoms with van der Waals surface area (Å²) in [5.41, 5.74) is 0. The Morgan fingerprint density at radius 2 is 2.00 bits per heavy atom. The Bertz CT molecular complexity index is 167. The Labute approximate surface area is 77.0 Å². The SMILES string of the molecule is COCCOC(C)COP(=O)(O)O. The number of methoxy groups -OCH3 is 1. The zero-order valence-electron chi connectivity index (χ0n) is 7.67. The second-order valence-corrected chi connectivity index (χ2v) is 3.70. The maximum atomic E-state index is 10.3. The second kappa shape index (κ2) is 6.48. The molecule has 7 heteroatoms. The minimum atomic E-state index is -4.37. The smallest absolute Gasteiger partial charge is 0.382 e. The quantitative estimate of drug-likeness (QED) is 0.463. The molecule has 13 heavy (non-hydrogen) atoms. The molecule has 0 aliphatic carbocycles. The highest BCUT2D eigenvalue weighted by Crippen LogP contribution is 2.35. The van der Waals surface area contributed by atoms with Crippen LogP contribution in [0.15, 0.2) is 0 Å². The van der Waals surface area contributed by atoms with Crippen molar-refractivity contribution >= 4 is 7.82 Å². The molecule has 0 aromatic carbocycles. The predicted octanol–water partition coefficient (Wildman–Crippen LogP) is 0.147. The second-order valence-electron chi connectivity index (χ2n) is 2.46. The van der Waals surface area contributed by atoms with Crippen molar-refractivity contribution in [2.45, 2.75) is 13.0 Å². The monoisotopic (exact) mass is 214 g/mol. The molecular weight excluding hydrogens is 199 g/mol. The third kappa shape index (κ3) is 9.95. The first-order valence-corrected chi connectivity index (χ1v) is 5.29. The highest BCUT2D eigenvalue weighted by atomic mass is 31.2. The van der Waals surface area contributed by atoms with Crippen LogP contribution in [0.4, 0.5) is 0 Å². The van der Waals surface area contributed by atoms with Gasteiger partial charge in [0.25, 0.3) is 0 Å². The van der Waals surface area contributed by atoms with Gasteiger partial charge in [0.05, 0.1) is 25.9 Å². The number of rotatable bonds is 7. The van der Waals surface area contributed by atoms with Gasteiger partial charge in [0.1, 0.15) is 0 Å². The lowest BCUT2D eigenvalue weighted by Crippen LogP contribution is -2.17. The van der Waals surface area contributed by atoms with E-state index in [0.29, 0.717) is 13.2 Å². The molecule has 0 saturated carbocycles. The molecule has 0 bridgehead atoms. The number of phosphoric ester groups is 1. The molecule has 0 spiro atoms. The molecule has 6 nitrogen and oxygen atoms in total. The van der Waals surface area contributed by atoms with Crippen LogP contribution in [0.2, 0.25) is 0 Å². The Hall–Kier alpha value is 0.0300. The number of hydrogen-bond acceptors (Lipinski definition) is 4. The van der Waals surface area contributed by atoms with Gasteiger partial charge in [0.15, 0.2) is 0 Å². The molecule has 0 amide bonds. The molecule has 0 aliphatic rings. The van der Waals surface area contributed by atoms with Crippen molar-refractivity contribution in [1.82, 2.24) is 0 Å². The summed E-state index contributed by atoms with van der Waals surface area (Å²) in [4.78, 5) is 16.7. The van der Waals surface area contributed by atoms with Crippen molar-refractivity contribution < 1.29 is 28.3 Å². The molecule has 0 saturated heterocycles. The highest BCUT2D eigenvalue weighted by Gasteiger charge is 2.15. The Morgan fingerprint density at radius 1 is 1.38 bits per heavy atom. The fourth-order valence-electron chi connectivity index (χ4n) is 0.583. The van der Waals surface area contributed by atoms with E-state index in [1.807, 2.05) is 0 Å². The van der Waals surface area contributed by atoms with Gasteiger partial charge in [-0.25, -0.2) is 4.57 Å². The minimum Gasteiger partial charge on any atom is -0.382 e. The Balaban J connectivity index is 3.40. The van der Waals surface area contributed by atoms with Crippen molar-refractivity contribution in [3.63, 3.8) is 0 Å². The number of phosphoric acid groups is 1. The van der Waals surface area contributed by atoms with E-state index in [9.17, 15) is 4.57 Å². The molecule has 0 aromatic rings. The third-order valence-electron chi connectivity index (χ3n) is 1.17. The molecule has 0 heterocycles. The van der Waals surface area contributed by atoms with Crippen molar-refractivity contribution in [2.75, 3.05) is 26.9 Å². The molecule has 0 aromatic heterocycles. The van der Waals surface area contributed by atoms with Gasteiger partial charge in [-0.05, 0) is 6.92 Å². The van der Waals surface area contributed by atoms with E-state index in [4.69, 9.17) is 19.3 Å². The van der Waals surface area contributed by atoms with E-state index < -0.39 is 7.82 Å². The van der Waals surface area contributed by atoms with Gasteiger partial charge in [-0.3, -0.25) is 4.52 Å². The van der Waals surface area contributed by atoms with E-state index in [1.165, 1.54) is 0 Å². The summed E-state index contributed by atoms with van der Waals surface area (Å²) in [6.45, 7) is 2.35. The summed E-state index contributed by atoms with van der Waals surface area (Å²) in [7, 11) is -2.83. The van der Waals surface area contributed by atoms with E-state index >= 15 is 0 Å². The van der Waals surface area contributed by atoms with Gasteiger partial charge < -0.3 is 19.3 Å². The Morgan fingerprint density at radius 3 is 2.46 bits per heavy atom. The van der Waals surface area contributed by atoms with E-state index in [2.05, 4.69) is 4.52 Å². The van der Waals surface area contributed by atoms with Crippen LogP contribution in [0.5, 0.6) is 0 Å². The van der Waals surface area contributed by atoms with Gasteiger partial charge in [-0.1, -0.05) is 0 Å². The van der Waals surface area contributed by atoms with Crippen molar-refractivity contribution in [1.29, 1.82) is 0 Å². The van der Waals surface area contributed by atoms with E-state index in [0.717, 1.165) is 0 Å². The lowest BCUT2D eigenvalue weighted by atomic mass is 10.4. The first kappa shape index (κ1) is 13.0. The van der Waals surface area contributed by atoms with Gasteiger partial charge in [-0.2, -0.15) is 0 Å². The van der Waals surface area contributed by atoms with Gasteiger partial charge >= 0.3 is 7.82 Å². The van der Waals surface area contributed by atoms with E-state index in [1.54, 1.807) is 14.0 Å². The topological polar surface area (TPSA) is 85.2 Å². The molecule has 0 fully saturated rings. The van der Waals surface area contributed by atoms with E-state index in [-0.39, 0.29) is 12.7 Å².